The van der Waals surface area contributed by atoms with Gasteiger partial charge in [-0.1, -0.05) is 27.7 Å². The molecule has 6 N–H and O–H groups in total. The lowest BCUT2D eigenvalue weighted by atomic mass is 9.86. The molecule has 17 heteroatoms. The Hall–Kier alpha value is -7.08. The summed E-state index contributed by atoms with van der Waals surface area (Å²) in [6.45, 7) is 10.4. The number of benzene rings is 3. The van der Waals surface area contributed by atoms with Crippen LogP contribution in [0.1, 0.15) is 73.4 Å². The summed E-state index contributed by atoms with van der Waals surface area (Å²) in [5.41, 5.74) is 10.1. The summed E-state index contributed by atoms with van der Waals surface area (Å²) in [6.07, 6.45) is 3.46. The van der Waals surface area contributed by atoms with E-state index in [0.717, 1.165) is 44.4 Å². The zero-order valence-corrected chi connectivity index (χ0v) is 37.9. The highest BCUT2D eigenvalue weighted by Crippen LogP contribution is 2.41. The molecule has 346 valence electrons. The second-order valence-electron chi connectivity index (χ2n) is 16.8. The van der Waals surface area contributed by atoms with E-state index in [1.165, 1.54) is 12.1 Å². The number of carbonyl (C=O) groups is 3. The maximum absolute atomic E-state index is 13.3. The molecule has 6 aromatic rings. The van der Waals surface area contributed by atoms with Gasteiger partial charge in [-0.25, -0.2) is 19.5 Å². The second kappa shape index (κ2) is 19.2. The lowest BCUT2D eigenvalue weighted by Gasteiger charge is -2.31. The Morgan fingerprint density at radius 3 is 2.48 bits per heavy atom. The van der Waals surface area contributed by atoms with Crippen molar-refractivity contribution in [2.75, 3.05) is 45.4 Å². The first-order chi connectivity index (χ1) is 31.5. The Labute approximate surface area is 381 Å². The first-order valence-corrected chi connectivity index (χ1v) is 21.8. The average molecular weight is 902 g/mol. The summed E-state index contributed by atoms with van der Waals surface area (Å²) >= 11 is 0. The van der Waals surface area contributed by atoms with Crippen LogP contribution >= 0.6 is 0 Å². The summed E-state index contributed by atoms with van der Waals surface area (Å²) < 4.78 is 20.0. The third kappa shape index (κ3) is 8.84. The molecule has 0 bridgehead atoms. The van der Waals surface area contributed by atoms with Gasteiger partial charge in [0.1, 0.15) is 36.3 Å². The number of urea groups is 1. The van der Waals surface area contributed by atoms with E-state index < -0.39 is 17.6 Å². The molecule has 0 radical (unpaired) electrons. The molecule has 2 amide bonds. The molecule has 2 aliphatic rings. The Kier molecular flexibility index (Phi) is 13.6. The van der Waals surface area contributed by atoms with Crippen LogP contribution in [0.3, 0.4) is 0 Å². The van der Waals surface area contributed by atoms with Gasteiger partial charge in [0.05, 0.1) is 53.5 Å². The van der Waals surface area contributed by atoms with Crippen molar-refractivity contribution in [3.05, 3.63) is 111 Å². The number of cyclic esters (lactones) is 1. The fraction of sp³-hybridized carbons (Fsp3) is 0.347. The topological polar surface area (TPSA) is 236 Å². The highest BCUT2D eigenvalue weighted by molar-refractivity contribution is 6.22. The molecule has 0 aliphatic carbocycles. The van der Waals surface area contributed by atoms with Gasteiger partial charge in [0.15, 0.2) is 11.9 Å². The lowest BCUT2D eigenvalue weighted by Crippen LogP contribution is -2.44. The van der Waals surface area contributed by atoms with Crippen molar-refractivity contribution in [2.24, 2.45) is 5.73 Å². The van der Waals surface area contributed by atoms with E-state index in [1.54, 1.807) is 35.8 Å². The van der Waals surface area contributed by atoms with Crippen molar-refractivity contribution in [1.29, 1.82) is 5.41 Å². The van der Waals surface area contributed by atoms with Crippen molar-refractivity contribution in [1.82, 2.24) is 19.0 Å². The maximum Gasteiger partial charge on any atom is 0.343 e. The van der Waals surface area contributed by atoms with Crippen LogP contribution in [0.5, 0.6) is 17.2 Å². The number of hydrogen-bond acceptors (Lipinski definition) is 13. The van der Waals surface area contributed by atoms with E-state index in [0.29, 0.717) is 78.5 Å². The quantitative estimate of drug-likeness (QED) is 0.0283. The number of hydrogen-bond donors (Lipinski definition) is 5. The van der Waals surface area contributed by atoms with Gasteiger partial charge in [0, 0.05) is 52.8 Å². The van der Waals surface area contributed by atoms with Crippen molar-refractivity contribution in [3.63, 3.8) is 0 Å². The fourth-order valence-electron chi connectivity index (χ4n) is 8.53. The number of amides is 2. The van der Waals surface area contributed by atoms with Crippen LogP contribution in [-0.2, 0) is 50.8 Å². The molecule has 8 rings (SSSR count). The molecule has 66 heavy (non-hydrogen) atoms. The number of primary amides is 1. The standard InChI is InChI=1S/C25H33N5O4.C24H22N2O6/c1-16(2)19-14-20(23(32)15-22(19)31)24(26)30(25(27)33)18-5-6-21-17(13-18)7-8-29(21)10-12-34-11-9-28(3)4;1-3-14-15-9-13(31-8-7-27)5-6-19(15)25-21-16(14)11-26-20(21)10-18-17(22(26)28)12-32-23(29)24(18,30)4-2/h5-8,13-16,26,31-32H,9-12H2,1-4H3,(H2,27,33);5-7,9-10,30H,3-4,8,11-12H2,1-2H3. The van der Waals surface area contributed by atoms with Gasteiger partial charge in [-0.3, -0.25) is 15.0 Å². The van der Waals surface area contributed by atoms with Gasteiger partial charge < -0.3 is 49.3 Å². The van der Waals surface area contributed by atoms with Crippen LogP contribution < -0.4 is 20.9 Å². The first-order valence-electron chi connectivity index (χ1n) is 21.8. The number of aromatic nitrogens is 3. The summed E-state index contributed by atoms with van der Waals surface area (Å²) in [5, 5.41) is 41.9. The number of ether oxygens (including phenoxy) is 3. The first kappa shape index (κ1) is 46.9. The summed E-state index contributed by atoms with van der Waals surface area (Å²) in [6, 6.07) is 16.3. The minimum atomic E-state index is -1.85. The number of likely N-dealkylation sites (N-methyl/N-ethyl adjacent to an activating group) is 1. The van der Waals surface area contributed by atoms with Crippen molar-refractivity contribution in [3.8, 4) is 28.6 Å². The lowest BCUT2D eigenvalue weighted by molar-refractivity contribution is -0.172. The van der Waals surface area contributed by atoms with Crippen molar-refractivity contribution in [2.45, 2.75) is 71.8 Å². The number of carbonyl (C=O) groups excluding carboxylic acids is 3. The highest BCUT2D eigenvalue weighted by atomic mass is 16.6. The van der Waals surface area contributed by atoms with Crippen LogP contribution in [0.2, 0.25) is 0 Å². The Morgan fingerprint density at radius 1 is 1.03 bits per heavy atom. The molecular formula is C49H55N7O10. The number of anilines is 1. The van der Waals surface area contributed by atoms with Crippen LogP contribution in [-0.4, -0.2) is 98.9 Å². The van der Waals surface area contributed by atoms with Gasteiger partial charge >= 0.3 is 12.0 Å². The number of aryl methyl sites for hydroxylation is 1. The van der Waals surface area contributed by atoms with Crippen LogP contribution in [0, 0.1) is 5.41 Å². The van der Waals surface area contributed by atoms with Gasteiger partial charge in [-0.05, 0) is 98.6 Å². The summed E-state index contributed by atoms with van der Waals surface area (Å²) in [7, 11) is 4.00. The number of nitrogens with one attached hydrogen (secondary N) is 1. The monoisotopic (exact) mass is 901 g/mol. The Bertz CT molecular complexity index is 2940. The number of aldehydes is 1. The summed E-state index contributed by atoms with van der Waals surface area (Å²) in [5.74, 6) is -0.855. The van der Waals surface area contributed by atoms with Crippen molar-refractivity contribution < 1.29 is 43.9 Å². The number of phenols is 2. The third-order valence-corrected chi connectivity index (χ3v) is 12.1. The largest absolute Gasteiger partial charge is 0.508 e. The number of pyridine rings is 2. The number of nitrogens with two attached hydrogens (primary N) is 1. The van der Waals surface area contributed by atoms with Crippen molar-refractivity contribution >= 4 is 51.6 Å². The molecular weight excluding hydrogens is 847 g/mol. The zero-order chi connectivity index (χ0) is 47.6. The number of amidine groups is 1. The molecule has 3 aromatic carbocycles. The minimum Gasteiger partial charge on any atom is -0.508 e. The van der Waals surface area contributed by atoms with Gasteiger partial charge in [0.2, 0.25) is 0 Å². The molecule has 0 saturated carbocycles. The van der Waals surface area contributed by atoms with Gasteiger partial charge in [0.25, 0.3) is 5.56 Å². The molecule has 17 nitrogen and oxygen atoms in total. The molecule has 1 unspecified atom stereocenters. The van der Waals surface area contributed by atoms with Crippen LogP contribution in [0.15, 0.2) is 71.7 Å². The van der Waals surface area contributed by atoms with Crippen LogP contribution in [0.4, 0.5) is 10.5 Å². The van der Waals surface area contributed by atoms with E-state index in [-0.39, 0.29) is 54.0 Å². The number of esters is 1. The van der Waals surface area contributed by atoms with Crippen LogP contribution in [0.25, 0.3) is 33.2 Å². The summed E-state index contributed by atoms with van der Waals surface area (Å²) in [4.78, 5) is 56.6. The third-order valence-electron chi connectivity index (χ3n) is 12.1. The number of nitrogens with zero attached hydrogens (tertiary/aromatic N) is 5. The number of phenolic OH excluding ortho intramolecular Hbond substituents is 2. The molecule has 0 fully saturated rings. The molecule has 5 heterocycles. The second-order valence-corrected chi connectivity index (χ2v) is 16.8. The van der Waals surface area contributed by atoms with E-state index in [1.807, 2.05) is 65.3 Å². The number of aromatic hydroxyl groups is 2. The van der Waals surface area contributed by atoms with E-state index in [9.17, 15) is 34.5 Å². The minimum absolute atomic E-state index is 0.0289. The Morgan fingerprint density at radius 2 is 1.80 bits per heavy atom. The highest BCUT2D eigenvalue weighted by Gasteiger charge is 2.45. The SMILES string of the molecule is CC(C)c1cc(C(=N)N(C(N)=O)c2ccc3c(ccn3CCOCCN(C)C)c2)c(O)cc1O.CCc1c2c(nc3ccc(OCC=O)cc13)-c1cc3c(c(=O)n1C2)COC(=O)C3(O)CC. The predicted octanol–water partition coefficient (Wildman–Crippen LogP) is 5.88. The van der Waals surface area contributed by atoms with Gasteiger partial charge in [-0.2, -0.15) is 0 Å². The smallest absolute Gasteiger partial charge is 0.343 e. The average Bonchev–Trinajstić information content (AvgIpc) is 3.86. The number of aliphatic hydroxyl groups is 1. The molecule has 2 aliphatic heterocycles. The fourth-order valence-corrected chi connectivity index (χ4v) is 8.53. The normalized spacial score (nSPS) is 15.0. The molecule has 0 spiro atoms. The number of rotatable bonds is 14. The number of fused-ring (bicyclic) bond motifs is 6. The van der Waals surface area contributed by atoms with E-state index in [2.05, 4.69) is 9.47 Å². The van der Waals surface area contributed by atoms with E-state index in [4.69, 9.17) is 30.3 Å². The Balaban J connectivity index is 0.000000197. The van der Waals surface area contributed by atoms with E-state index >= 15 is 0 Å². The molecule has 1 atom stereocenters. The predicted molar refractivity (Wildman–Crippen MR) is 250 cm³/mol. The maximum atomic E-state index is 13.3. The molecule has 3 aromatic heterocycles. The van der Waals surface area contributed by atoms with Gasteiger partial charge in [-0.15, -0.1) is 0 Å². The molecule has 0 saturated heterocycles. The zero-order valence-electron chi connectivity index (χ0n) is 37.9.